The maximum Gasteiger partial charge on any atom is 0.191 e. The van der Waals surface area contributed by atoms with Crippen molar-refractivity contribution in [3.63, 3.8) is 0 Å². The third-order valence-electron chi connectivity index (χ3n) is 4.60. The summed E-state index contributed by atoms with van der Waals surface area (Å²) < 4.78 is 0. The lowest BCUT2D eigenvalue weighted by Crippen LogP contribution is -2.44. The molecule has 1 saturated heterocycles. The molecule has 0 unspecified atom stereocenters. The molecule has 1 heterocycles. The molecule has 0 aromatic rings. The van der Waals surface area contributed by atoms with E-state index in [1.807, 2.05) is 7.05 Å². The van der Waals surface area contributed by atoms with E-state index in [2.05, 4.69) is 53.1 Å². The van der Waals surface area contributed by atoms with Crippen LogP contribution < -0.4 is 10.6 Å². The van der Waals surface area contributed by atoms with Gasteiger partial charge in [0.1, 0.15) is 0 Å². The molecule has 0 spiro atoms. The summed E-state index contributed by atoms with van der Waals surface area (Å²) in [6, 6.07) is 1.22. The topological polar surface area (TPSA) is 42.9 Å². The molecule has 23 heavy (non-hydrogen) atoms. The number of nitrogens with zero attached hydrogens (tertiary/aromatic N) is 3. The van der Waals surface area contributed by atoms with Gasteiger partial charge in [-0.15, -0.1) is 0 Å². The van der Waals surface area contributed by atoms with E-state index in [4.69, 9.17) is 0 Å². The first-order valence-corrected chi connectivity index (χ1v) is 9.47. The smallest absolute Gasteiger partial charge is 0.191 e. The van der Waals surface area contributed by atoms with Gasteiger partial charge >= 0.3 is 0 Å². The SMILES string of the molecule is CN=C(NCCCN(C(C)C)C(C)C)NCCN1CCCCC1. The van der Waals surface area contributed by atoms with Crippen molar-refractivity contribution in [1.29, 1.82) is 0 Å². The fraction of sp³-hybridized carbons (Fsp3) is 0.944. The Balaban J connectivity index is 2.13. The molecule has 136 valence electrons. The molecular weight excluding hydrogens is 286 g/mol. The fourth-order valence-electron chi connectivity index (χ4n) is 3.32. The standard InChI is InChI=1S/C18H39N5/c1-16(2)23(17(3)4)14-9-10-20-18(19-5)21-11-15-22-12-7-6-8-13-22/h16-17H,6-15H2,1-5H3,(H2,19,20,21). The molecule has 0 radical (unpaired) electrons. The van der Waals surface area contributed by atoms with Gasteiger partial charge < -0.3 is 15.5 Å². The van der Waals surface area contributed by atoms with Crippen LogP contribution in [0.4, 0.5) is 0 Å². The molecule has 5 heteroatoms. The zero-order valence-corrected chi connectivity index (χ0v) is 16.1. The summed E-state index contributed by atoms with van der Waals surface area (Å²) in [4.78, 5) is 9.40. The maximum atomic E-state index is 4.32. The summed E-state index contributed by atoms with van der Waals surface area (Å²) >= 11 is 0. The van der Waals surface area contributed by atoms with Crippen LogP contribution in [0.25, 0.3) is 0 Å². The van der Waals surface area contributed by atoms with Gasteiger partial charge in [-0.2, -0.15) is 0 Å². The number of rotatable bonds is 9. The van der Waals surface area contributed by atoms with E-state index >= 15 is 0 Å². The molecule has 1 fully saturated rings. The van der Waals surface area contributed by atoms with Gasteiger partial charge in [0, 0.05) is 45.3 Å². The quantitative estimate of drug-likeness (QED) is 0.387. The lowest BCUT2D eigenvalue weighted by atomic mass is 10.1. The maximum absolute atomic E-state index is 4.32. The number of hydrogen-bond donors (Lipinski definition) is 2. The first-order valence-electron chi connectivity index (χ1n) is 9.47. The van der Waals surface area contributed by atoms with Crippen LogP contribution in [0.1, 0.15) is 53.4 Å². The number of piperidine rings is 1. The summed E-state index contributed by atoms with van der Waals surface area (Å²) in [5.74, 6) is 0.933. The summed E-state index contributed by atoms with van der Waals surface area (Å²) in [5.41, 5.74) is 0. The third kappa shape index (κ3) is 8.56. The number of aliphatic imine (C=N–C) groups is 1. The van der Waals surface area contributed by atoms with Crippen LogP contribution in [0.3, 0.4) is 0 Å². The van der Waals surface area contributed by atoms with Crippen LogP contribution in [0.5, 0.6) is 0 Å². The average Bonchev–Trinajstić information content (AvgIpc) is 2.53. The van der Waals surface area contributed by atoms with Crippen molar-refractivity contribution in [2.45, 2.75) is 65.5 Å². The zero-order chi connectivity index (χ0) is 17.1. The third-order valence-corrected chi connectivity index (χ3v) is 4.60. The van der Waals surface area contributed by atoms with Crippen molar-refractivity contribution < 1.29 is 0 Å². The Kier molecular flexibility index (Phi) is 10.3. The first-order chi connectivity index (χ1) is 11.0. The highest BCUT2D eigenvalue weighted by Gasteiger charge is 2.12. The van der Waals surface area contributed by atoms with E-state index in [0.717, 1.165) is 38.6 Å². The Bertz CT molecular complexity index is 313. The summed E-state index contributed by atoms with van der Waals surface area (Å²) in [6.45, 7) is 15.8. The van der Waals surface area contributed by atoms with Gasteiger partial charge in [-0.05, 0) is 60.0 Å². The minimum atomic E-state index is 0.608. The van der Waals surface area contributed by atoms with Crippen LogP contribution in [0, 0.1) is 0 Å². The van der Waals surface area contributed by atoms with Crippen LogP contribution in [-0.2, 0) is 0 Å². The van der Waals surface area contributed by atoms with Crippen molar-refractivity contribution in [3.8, 4) is 0 Å². The normalized spacial score (nSPS) is 17.3. The Hall–Kier alpha value is -0.810. The van der Waals surface area contributed by atoms with Gasteiger partial charge in [0.05, 0.1) is 0 Å². The van der Waals surface area contributed by atoms with E-state index in [1.165, 1.54) is 32.4 Å². The molecule has 0 aromatic carbocycles. The summed E-state index contributed by atoms with van der Waals surface area (Å²) in [7, 11) is 1.85. The molecule has 0 atom stereocenters. The Labute approximate surface area is 143 Å². The van der Waals surface area contributed by atoms with E-state index in [1.54, 1.807) is 0 Å². The molecule has 5 nitrogen and oxygen atoms in total. The Morgan fingerprint density at radius 2 is 1.61 bits per heavy atom. The summed E-state index contributed by atoms with van der Waals surface area (Å²) in [5, 5.41) is 6.87. The molecule has 2 N–H and O–H groups in total. The van der Waals surface area contributed by atoms with E-state index in [9.17, 15) is 0 Å². The second kappa shape index (κ2) is 11.7. The van der Waals surface area contributed by atoms with Gasteiger partial charge in [-0.1, -0.05) is 6.42 Å². The molecule has 1 aliphatic rings. The molecule has 0 amide bonds. The number of hydrogen-bond acceptors (Lipinski definition) is 3. The molecule has 0 aromatic heterocycles. The van der Waals surface area contributed by atoms with Crippen molar-refractivity contribution in [3.05, 3.63) is 0 Å². The van der Waals surface area contributed by atoms with Crippen molar-refractivity contribution in [2.24, 2.45) is 4.99 Å². The second-order valence-corrected chi connectivity index (χ2v) is 7.11. The predicted octanol–water partition coefficient (Wildman–Crippen LogP) is 2.15. The van der Waals surface area contributed by atoms with Crippen molar-refractivity contribution >= 4 is 5.96 Å². The summed E-state index contributed by atoms with van der Waals surface area (Å²) in [6.07, 6.45) is 5.25. The fourth-order valence-corrected chi connectivity index (χ4v) is 3.32. The highest BCUT2D eigenvalue weighted by Crippen LogP contribution is 2.07. The van der Waals surface area contributed by atoms with E-state index < -0.39 is 0 Å². The van der Waals surface area contributed by atoms with E-state index in [-0.39, 0.29) is 0 Å². The van der Waals surface area contributed by atoms with Crippen molar-refractivity contribution in [1.82, 2.24) is 20.4 Å². The highest BCUT2D eigenvalue weighted by molar-refractivity contribution is 5.79. The predicted molar refractivity (Wildman–Crippen MR) is 101 cm³/mol. The van der Waals surface area contributed by atoms with Crippen LogP contribution in [0.15, 0.2) is 4.99 Å². The molecule has 0 bridgehead atoms. The number of likely N-dealkylation sites (tertiary alicyclic amines) is 1. The number of guanidine groups is 1. The van der Waals surface area contributed by atoms with Crippen LogP contribution in [-0.4, -0.2) is 74.2 Å². The average molecular weight is 326 g/mol. The van der Waals surface area contributed by atoms with Crippen LogP contribution in [0.2, 0.25) is 0 Å². The van der Waals surface area contributed by atoms with Crippen LogP contribution >= 0.6 is 0 Å². The van der Waals surface area contributed by atoms with Gasteiger partial charge in [0.15, 0.2) is 5.96 Å². The minimum Gasteiger partial charge on any atom is -0.356 e. The molecular formula is C18H39N5. The first kappa shape index (κ1) is 20.2. The molecule has 1 aliphatic heterocycles. The molecule has 0 aliphatic carbocycles. The zero-order valence-electron chi connectivity index (χ0n) is 16.1. The van der Waals surface area contributed by atoms with Gasteiger partial charge in [0.25, 0.3) is 0 Å². The van der Waals surface area contributed by atoms with E-state index in [0.29, 0.717) is 12.1 Å². The monoisotopic (exact) mass is 325 g/mol. The van der Waals surface area contributed by atoms with Gasteiger partial charge in [-0.25, -0.2) is 0 Å². The number of nitrogens with one attached hydrogen (secondary N) is 2. The van der Waals surface area contributed by atoms with Crippen molar-refractivity contribution in [2.75, 3.05) is 46.3 Å². The highest BCUT2D eigenvalue weighted by atomic mass is 15.2. The second-order valence-electron chi connectivity index (χ2n) is 7.11. The van der Waals surface area contributed by atoms with Gasteiger partial charge in [-0.3, -0.25) is 9.89 Å². The lowest BCUT2D eigenvalue weighted by Gasteiger charge is -2.30. The lowest BCUT2D eigenvalue weighted by molar-refractivity contribution is 0.173. The Morgan fingerprint density at radius 1 is 1.00 bits per heavy atom. The Morgan fingerprint density at radius 3 is 2.17 bits per heavy atom. The molecule has 0 saturated carbocycles. The largest absolute Gasteiger partial charge is 0.356 e. The van der Waals surface area contributed by atoms with Gasteiger partial charge in [0.2, 0.25) is 0 Å². The minimum absolute atomic E-state index is 0.608. The molecule has 1 rings (SSSR count).